The number of amides is 4. The van der Waals surface area contributed by atoms with Gasteiger partial charge in [-0.1, -0.05) is 13.8 Å². The summed E-state index contributed by atoms with van der Waals surface area (Å²) in [6.07, 6.45) is 4.17. The molecule has 1 saturated heterocycles. The Bertz CT molecular complexity index is 2700. The number of ether oxygens (including phenoxy) is 4. The Morgan fingerprint density at radius 1 is 0.900 bits per heavy atom. The molecule has 19 heteroatoms. The second-order valence-electron chi connectivity index (χ2n) is 17.9. The van der Waals surface area contributed by atoms with E-state index in [1.165, 1.54) is 15.9 Å². The molecule has 0 radical (unpaired) electrons. The third-order valence-electron chi connectivity index (χ3n) is 13.6. The van der Waals surface area contributed by atoms with Crippen LogP contribution < -0.4 is 5.32 Å². The maximum atomic E-state index is 15.2. The Balaban J connectivity index is 1.36. The molecule has 0 aromatic carbocycles. The summed E-state index contributed by atoms with van der Waals surface area (Å²) in [7, 11) is 1.65. The summed E-state index contributed by atoms with van der Waals surface area (Å²) in [5, 5.41) is 20.6. The summed E-state index contributed by atoms with van der Waals surface area (Å²) in [4.78, 5) is 90.8. The lowest BCUT2D eigenvalue weighted by molar-refractivity contribution is -0.139. The first-order valence-corrected chi connectivity index (χ1v) is 24.1. The van der Waals surface area contributed by atoms with Crippen LogP contribution in [0.3, 0.4) is 0 Å². The number of carbonyl (C=O) groups excluding carboxylic acids is 5. The first-order chi connectivity index (χ1) is 33.8. The number of hydrogen-bond donors (Lipinski definition) is 5. The fraction of sp³-hybridized carbons (Fsp3) is 0.510. The van der Waals surface area contributed by atoms with Gasteiger partial charge in [0.05, 0.1) is 80.0 Å². The van der Waals surface area contributed by atoms with Crippen molar-refractivity contribution in [1.82, 2.24) is 40.0 Å². The Kier molecular flexibility index (Phi) is 17.5. The minimum absolute atomic E-state index is 0.0376. The first kappa shape index (κ1) is 51.8. The molecule has 0 aliphatic carbocycles. The SMILES string of the molecule is CCC1=C(C)c2cc3[nH]c(cc4nc(c5c6[nH]c(cc1n2)c(C)c6C(=O)N(CCN1CCOCC1)C5=O)[C@@H](CCC(=O)N(C)CCNC(=O)CO)[C@@H]4C)c(C)c3/C=C/C(=O)OCCOCCOCCO. The van der Waals surface area contributed by atoms with Crippen molar-refractivity contribution in [3.05, 3.63) is 74.9 Å². The molecule has 4 aliphatic heterocycles. The van der Waals surface area contributed by atoms with Crippen LogP contribution in [0.4, 0.5) is 0 Å². The molecule has 0 saturated carbocycles. The minimum atomic E-state index is -0.647. The highest BCUT2D eigenvalue weighted by molar-refractivity contribution is 6.23. The molecular weight excluding hydrogens is 901 g/mol. The highest BCUT2D eigenvalue weighted by atomic mass is 16.6. The summed E-state index contributed by atoms with van der Waals surface area (Å²) in [6.45, 7) is 13.8. The van der Waals surface area contributed by atoms with Gasteiger partial charge in [-0.05, 0) is 80.2 Å². The molecule has 0 unspecified atom stereocenters. The number of aliphatic hydroxyl groups is 2. The van der Waals surface area contributed by atoms with Crippen molar-refractivity contribution in [2.45, 2.75) is 65.7 Å². The second kappa shape index (κ2) is 23.7. The Hall–Kier alpha value is -6.09. The molecule has 70 heavy (non-hydrogen) atoms. The lowest BCUT2D eigenvalue weighted by atomic mass is 9.84. The van der Waals surface area contributed by atoms with E-state index in [1.807, 2.05) is 45.9 Å². The highest BCUT2D eigenvalue weighted by Crippen LogP contribution is 2.44. The fourth-order valence-corrected chi connectivity index (χ4v) is 9.43. The standard InChI is InChI=1S/C51H66N8O11/c1-7-34-30(2)38-27-42-35(9-11-45(64)70-25-24-69-23-22-68-21-18-60)31(3)37(54-42)26-39-32(4)36(8-10-44(63)57(6)13-12-52-43(62)29-61)48(55-39)47-49-46(33(5)40(56-49)28-41(34)53-38)50(65)59(51(47)66)15-14-58-16-19-67-20-17-58/h9,11,26-28,32,36,54,56,60-61H,7-8,10,12-25,29H2,1-6H3,(H,52,62)/b11-9+,37-26?,38-27?,39-26?,40-28?,41-28?,42-27?,48-47?/t32-,36-/m0/s1. The number of aromatic amines is 2. The van der Waals surface area contributed by atoms with Crippen molar-refractivity contribution in [2.24, 2.45) is 0 Å². The van der Waals surface area contributed by atoms with Gasteiger partial charge in [-0.2, -0.15) is 0 Å². The van der Waals surface area contributed by atoms with Crippen LogP contribution in [0.25, 0.3) is 39.3 Å². The predicted molar refractivity (Wildman–Crippen MR) is 263 cm³/mol. The number of likely N-dealkylation sites (N-methyl/N-ethyl adjacent to an activating group) is 1. The quantitative estimate of drug-likeness (QED) is 0.0439. The number of H-pyrrole nitrogens is 2. The molecule has 8 bridgehead atoms. The molecule has 7 rings (SSSR count). The number of carbonyl (C=O) groups is 5. The van der Waals surface area contributed by atoms with Gasteiger partial charge in [0, 0.05) is 98.5 Å². The predicted octanol–water partition coefficient (Wildman–Crippen LogP) is 4.02. The number of hydrogen-bond acceptors (Lipinski definition) is 14. The molecular formula is C51H66N8O11. The van der Waals surface area contributed by atoms with E-state index in [2.05, 4.69) is 27.1 Å². The third kappa shape index (κ3) is 11.6. The topological polar surface area (TPSA) is 242 Å². The van der Waals surface area contributed by atoms with Gasteiger partial charge >= 0.3 is 5.97 Å². The number of rotatable bonds is 21. The molecule has 3 aromatic heterocycles. The van der Waals surface area contributed by atoms with Crippen molar-refractivity contribution < 1.29 is 53.1 Å². The van der Waals surface area contributed by atoms with Crippen molar-refractivity contribution in [2.75, 3.05) is 106 Å². The number of aryl methyl sites for hydroxylation is 2. The highest BCUT2D eigenvalue weighted by Gasteiger charge is 2.41. The number of esters is 1. The van der Waals surface area contributed by atoms with Crippen LogP contribution in [0.2, 0.25) is 0 Å². The normalized spacial score (nSPS) is 17.2. The average Bonchev–Trinajstić information content (AvgIpc) is 4.03. The Morgan fingerprint density at radius 3 is 2.33 bits per heavy atom. The van der Waals surface area contributed by atoms with Gasteiger partial charge in [0.1, 0.15) is 13.2 Å². The van der Waals surface area contributed by atoms with Gasteiger partial charge in [-0.25, -0.2) is 9.78 Å². The van der Waals surface area contributed by atoms with E-state index in [-0.39, 0.29) is 69.9 Å². The number of nitrogens with zero attached hydrogens (tertiary/aromatic N) is 5. The summed E-state index contributed by atoms with van der Waals surface area (Å²) >= 11 is 0. The van der Waals surface area contributed by atoms with Crippen LogP contribution >= 0.6 is 0 Å². The van der Waals surface area contributed by atoms with E-state index in [4.69, 9.17) is 39.1 Å². The zero-order chi connectivity index (χ0) is 50.1. The van der Waals surface area contributed by atoms with Gasteiger partial charge < -0.3 is 49.3 Å². The zero-order valence-electron chi connectivity index (χ0n) is 41.1. The summed E-state index contributed by atoms with van der Waals surface area (Å²) in [5.41, 5.74) is 9.84. The molecule has 4 aliphatic rings. The van der Waals surface area contributed by atoms with Crippen LogP contribution in [-0.2, 0) is 33.3 Å². The van der Waals surface area contributed by atoms with Gasteiger partial charge in [0.15, 0.2) is 0 Å². The van der Waals surface area contributed by atoms with Crippen LogP contribution in [-0.4, -0.2) is 180 Å². The average molecular weight is 967 g/mol. The van der Waals surface area contributed by atoms with Gasteiger partial charge in [0.25, 0.3) is 11.8 Å². The van der Waals surface area contributed by atoms with Crippen LogP contribution in [0.5, 0.6) is 0 Å². The smallest absolute Gasteiger partial charge is 0.330 e. The van der Waals surface area contributed by atoms with E-state index in [0.717, 1.165) is 28.0 Å². The lowest BCUT2D eigenvalue weighted by Crippen LogP contribution is -2.47. The maximum Gasteiger partial charge on any atom is 0.330 e. The molecule has 5 N–H and O–H groups in total. The van der Waals surface area contributed by atoms with Crippen molar-refractivity contribution >= 4 is 68.9 Å². The Labute approximate surface area is 407 Å². The van der Waals surface area contributed by atoms with Gasteiger partial charge in [0.2, 0.25) is 11.8 Å². The lowest BCUT2D eigenvalue weighted by Gasteiger charge is -2.31. The molecule has 0 spiro atoms. The number of allylic oxidation sites excluding steroid dienone is 2. The van der Waals surface area contributed by atoms with Gasteiger partial charge in [-0.3, -0.25) is 34.0 Å². The molecule has 7 heterocycles. The number of imide groups is 1. The monoisotopic (exact) mass is 966 g/mol. The second-order valence-corrected chi connectivity index (χ2v) is 17.9. The molecule has 2 atom stereocenters. The first-order valence-electron chi connectivity index (χ1n) is 24.1. The molecule has 3 aromatic rings. The summed E-state index contributed by atoms with van der Waals surface area (Å²) < 4.78 is 21.7. The van der Waals surface area contributed by atoms with E-state index >= 15 is 4.79 Å². The number of nitrogens with one attached hydrogen (secondary N) is 3. The van der Waals surface area contributed by atoms with Gasteiger partial charge in [-0.15, -0.1) is 0 Å². The zero-order valence-corrected chi connectivity index (χ0v) is 41.1. The molecule has 376 valence electrons. The number of aliphatic hydroxyl groups excluding tert-OH is 2. The van der Waals surface area contributed by atoms with E-state index in [9.17, 15) is 19.2 Å². The van der Waals surface area contributed by atoms with Crippen LogP contribution in [0.1, 0.15) is 112 Å². The largest absolute Gasteiger partial charge is 0.460 e. The number of aromatic nitrogens is 4. The van der Waals surface area contributed by atoms with E-state index in [0.29, 0.717) is 109 Å². The fourth-order valence-electron chi connectivity index (χ4n) is 9.43. The molecule has 4 amide bonds. The number of fused-ring (bicyclic) bond motifs is 8. The number of morpholine rings is 1. The Morgan fingerprint density at radius 2 is 1.60 bits per heavy atom. The van der Waals surface area contributed by atoms with E-state index < -0.39 is 36.2 Å². The van der Waals surface area contributed by atoms with Crippen molar-refractivity contribution in [3.8, 4) is 0 Å². The van der Waals surface area contributed by atoms with Crippen molar-refractivity contribution in [1.29, 1.82) is 0 Å². The molecule has 1 fully saturated rings. The molecule has 19 nitrogen and oxygen atoms in total. The minimum Gasteiger partial charge on any atom is -0.460 e. The summed E-state index contributed by atoms with van der Waals surface area (Å²) in [6, 6.07) is 5.84. The maximum absolute atomic E-state index is 15.2. The summed E-state index contributed by atoms with van der Waals surface area (Å²) in [5.74, 6) is -2.87. The van der Waals surface area contributed by atoms with E-state index in [1.54, 1.807) is 13.1 Å². The van der Waals surface area contributed by atoms with Crippen LogP contribution in [0, 0.1) is 13.8 Å². The third-order valence-corrected chi connectivity index (χ3v) is 13.6. The van der Waals surface area contributed by atoms with Crippen molar-refractivity contribution in [3.63, 3.8) is 0 Å². The van der Waals surface area contributed by atoms with Crippen LogP contribution in [0.15, 0.2) is 24.3 Å².